The highest BCUT2D eigenvalue weighted by Gasteiger charge is 2.26. The first kappa shape index (κ1) is 14.5. The maximum Gasteiger partial charge on any atom is 0.373 e. The third kappa shape index (κ3) is 3.76. The Morgan fingerprint density at radius 1 is 1.53 bits per heavy atom. The molecule has 4 nitrogen and oxygen atoms in total. The van der Waals surface area contributed by atoms with Crippen LogP contribution in [0, 0.1) is 0 Å². The minimum absolute atomic E-state index is 0.269. The molecule has 2 rings (SSSR count). The second-order valence-electron chi connectivity index (χ2n) is 4.67. The topological polar surface area (TPSA) is 51.5 Å². The molecule has 2 atom stereocenters. The lowest BCUT2D eigenvalue weighted by Crippen LogP contribution is -2.33. The number of methoxy groups -OCH3 is 1. The van der Waals surface area contributed by atoms with Crippen molar-refractivity contribution in [2.24, 2.45) is 0 Å². The SMILES string of the molecule is CCSC1CCCC1NCc1ccc(C(=O)OC)o1. The van der Waals surface area contributed by atoms with Crippen LogP contribution >= 0.6 is 11.8 Å². The Morgan fingerprint density at radius 2 is 2.37 bits per heavy atom. The van der Waals surface area contributed by atoms with Crippen LogP contribution in [0.15, 0.2) is 16.5 Å². The van der Waals surface area contributed by atoms with E-state index >= 15 is 0 Å². The van der Waals surface area contributed by atoms with Gasteiger partial charge in [0, 0.05) is 11.3 Å². The molecule has 0 aliphatic heterocycles. The maximum atomic E-state index is 11.3. The van der Waals surface area contributed by atoms with E-state index in [1.54, 1.807) is 6.07 Å². The molecule has 1 aliphatic carbocycles. The zero-order chi connectivity index (χ0) is 13.7. The van der Waals surface area contributed by atoms with Gasteiger partial charge in [-0.2, -0.15) is 11.8 Å². The van der Waals surface area contributed by atoms with Gasteiger partial charge < -0.3 is 14.5 Å². The summed E-state index contributed by atoms with van der Waals surface area (Å²) in [6.07, 6.45) is 3.81. The summed E-state index contributed by atoms with van der Waals surface area (Å²) < 4.78 is 10.1. The normalized spacial score (nSPS) is 22.6. The molecular weight excluding hydrogens is 262 g/mol. The molecule has 0 saturated heterocycles. The van der Waals surface area contributed by atoms with Crippen LogP contribution in [0.4, 0.5) is 0 Å². The molecule has 1 N–H and O–H groups in total. The van der Waals surface area contributed by atoms with Gasteiger partial charge in [0.05, 0.1) is 13.7 Å². The number of carbonyl (C=O) groups is 1. The fraction of sp³-hybridized carbons (Fsp3) is 0.643. The van der Waals surface area contributed by atoms with Crippen LogP contribution in [-0.4, -0.2) is 30.1 Å². The largest absolute Gasteiger partial charge is 0.463 e. The predicted molar refractivity (Wildman–Crippen MR) is 76.4 cm³/mol. The van der Waals surface area contributed by atoms with Gasteiger partial charge in [0.25, 0.3) is 0 Å². The Morgan fingerprint density at radius 3 is 3.11 bits per heavy atom. The van der Waals surface area contributed by atoms with Crippen molar-refractivity contribution in [3.05, 3.63) is 23.7 Å². The standard InChI is InChI=1S/C14H21NO3S/c1-3-19-13-6-4-5-11(13)15-9-10-7-8-12(18-10)14(16)17-2/h7-8,11,13,15H,3-6,9H2,1-2H3. The Labute approximate surface area is 118 Å². The molecule has 1 aliphatic rings. The van der Waals surface area contributed by atoms with E-state index in [0.717, 1.165) is 11.5 Å². The molecule has 19 heavy (non-hydrogen) atoms. The van der Waals surface area contributed by atoms with Crippen LogP contribution in [0.3, 0.4) is 0 Å². The van der Waals surface area contributed by atoms with Crippen LogP contribution in [0.2, 0.25) is 0 Å². The number of ether oxygens (including phenoxy) is 1. The molecule has 0 radical (unpaired) electrons. The molecule has 5 heteroatoms. The third-order valence-corrected chi connectivity index (χ3v) is 4.75. The van der Waals surface area contributed by atoms with Crippen molar-refractivity contribution in [2.75, 3.05) is 12.9 Å². The molecule has 0 bridgehead atoms. The van der Waals surface area contributed by atoms with Crippen LogP contribution in [0.5, 0.6) is 0 Å². The van der Waals surface area contributed by atoms with Gasteiger partial charge in [0.15, 0.2) is 0 Å². The van der Waals surface area contributed by atoms with Crippen molar-refractivity contribution in [1.82, 2.24) is 5.32 Å². The zero-order valence-electron chi connectivity index (χ0n) is 11.5. The van der Waals surface area contributed by atoms with Gasteiger partial charge in [-0.15, -0.1) is 0 Å². The van der Waals surface area contributed by atoms with E-state index in [4.69, 9.17) is 4.42 Å². The quantitative estimate of drug-likeness (QED) is 0.814. The van der Waals surface area contributed by atoms with Gasteiger partial charge in [0.2, 0.25) is 5.76 Å². The number of nitrogens with one attached hydrogen (secondary N) is 1. The summed E-state index contributed by atoms with van der Waals surface area (Å²) in [6.45, 7) is 2.87. The van der Waals surface area contributed by atoms with E-state index in [0.29, 0.717) is 17.8 Å². The fourth-order valence-corrected chi connectivity index (χ4v) is 3.71. The molecule has 1 saturated carbocycles. The summed E-state index contributed by atoms with van der Waals surface area (Å²) in [6, 6.07) is 4.04. The average molecular weight is 283 g/mol. The first-order valence-electron chi connectivity index (χ1n) is 6.76. The van der Waals surface area contributed by atoms with E-state index < -0.39 is 5.97 Å². The van der Waals surface area contributed by atoms with Crippen LogP contribution < -0.4 is 5.32 Å². The van der Waals surface area contributed by atoms with E-state index in [-0.39, 0.29) is 5.76 Å². The first-order chi connectivity index (χ1) is 9.24. The number of hydrogen-bond acceptors (Lipinski definition) is 5. The third-order valence-electron chi connectivity index (χ3n) is 3.42. The molecule has 0 spiro atoms. The number of furan rings is 1. The highest BCUT2D eigenvalue weighted by molar-refractivity contribution is 7.99. The number of hydrogen-bond donors (Lipinski definition) is 1. The first-order valence-corrected chi connectivity index (χ1v) is 7.81. The highest BCUT2D eigenvalue weighted by atomic mass is 32.2. The lowest BCUT2D eigenvalue weighted by Gasteiger charge is -2.19. The van der Waals surface area contributed by atoms with E-state index in [2.05, 4.69) is 17.0 Å². The van der Waals surface area contributed by atoms with Gasteiger partial charge in [-0.3, -0.25) is 0 Å². The smallest absolute Gasteiger partial charge is 0.373 e. The average Bonchev–Trinajstić information content (AvgIpc) is 3.05. The molecule has 1 fully saturated rings. The van der Waals surface area contributed by atoms with Crippen molar-refractivity contribution in [1.29, 1.82) is 0 Å². The van der Waals surface area contributed by atoms with Gasteiger partial charge in [0.1, 0.15) is 5.76 Å². The molecule has 1 heterocycles. The summed E-state index contributed by atoms with van der Waals surface area (Å²) in [4.78, 5) is 11.3. The van der Waals surface area contributed by atoms with Gasteiger partial charge in [-0.25, -0.2) is 4.79 Å². The number of rotatable bonds is 6. The monoisotopic (exact) mass is 283 g/mol. The summed E-state index contributed by atoms with van der Waals surface area (Å²) >= 11 is 2.03. The van der Waals surface area contributed by atoms with Crippen molar-refractivity contribution >= 4 is 17.7 Å². The molecule has 106 valence electrons. The molecule has 1 aromatic rings. The predicted octanol–water partition coefficient (Wildman–Crippen LogP) is 2.83. The Kier molecular flexibility index (Phi) is 5.34. The minimum atomic E-state index is -0.425. The Hall–Kier alpha value is -0.940. The summed E-state index contributed by atoms with van der Waals surface area (Å²) in [5.41, 5.74) is 0. The van der Waals surface area contributed by atoms with Crippen molar-refractivity contribution < 1.29 is 13.9 Å². The second-order valence-corrected chi connectivity index (χ2v) is 6.19. The number of thioether (sulfide) groups is 1. The Bertz CT molecular complexity index is 419. The van der Waals surface area contributed by atoms with Crippen LogP contribution in [-0.2, 0) is 11.3 Å². The van der Waals surface area contributed by atoms with Crippen LogP contribution in [0.25, 0.3) is 0 Å². The fourth-order valence-electron chi connectivity index (χ4n) is 2.49. The summed E-state index contributed by atoms with van der Waals surface area (Å²) in [5.74, 6) is 1.79. The molecule has 1 aromatic heterocycles. The van der Waals surface area contributed by atoms with E-state index in [9.17, 15) is 4.79 Å². The minimum Gasteiger partial charge on any atom is -0.463 e. The number of esters is 1. The summed E-state index contributed by atoms with van der Waals surface area (Å²) in [5, 5.41) is 4.24. The van der Waals surface area contributed by atoms with Crippen molar-refractivity contribution in [3.8, 4) is 0 Å². The van der Waals surface area contributed by atoms with Crippen LogP contribution in [0.1, 0.15) is 42.5 Å². The molecule has 2 unspecified atom stereocenters. The van der Waals surface area contributed by atoms with E-state index in [1.165, 1.54) is 26.4 Å². The summed E-state index contributed by atoms with van der Waals surface area (Å²) in [7, 11) is 1.36. The number of carbonyl (C=O) groups excluding carboxylic acids is 1. The Balaban J connectivity index is 1.84. The van der Waals surface area contributed by atoms with Gasteiger partial charge in [-0.1, -0.05) is 13.3 Å². The highest BCUT2D eigenvalue weighted by Crippen LogP contribution is 2.30. The van der Waals surface area contributed by atoms with E-state index in [1.807, 2.05) is 17.8 Å². The van der Waals surface area contributed by atoms with Crippen molar-refractivity contribution in [3.63, 3.8) is 0 Å². The zero-order valence-corrected chi connectivity index (χ0v) is 12.3. The van der Waals surface area contributed by atoms with Gasteiger partial charge in [-0.05, 0) is 30.7 Å². The molecular formula is C14H21NO3S. The molecule has 0 amide bonds. The van der Waals surface area contributed by atoms with Crippen molar-refractivity contribution in [2.45, 2.75) is 44.0 Å². The lowest BCUT2D eigenvalue weighted by atomic mass is 10.2. The molecule has 0 aromatic carbocycles. The maximum absolute atomic E-state index is 11.3. The second kappa shape index (κ2) is 7.01. The van der Waals surface area contributed by atoms with Gasteiger partial charge >= 0.3 is 5.97 Å². The lowest BCUT2D eigenvalue weighted by molar-refractivity contribution is 0.0563.